The lowest BCUT2D eigenvalue weighted by molar-refractivity contribution is 0.150. The molecule has 0 unspecified atom stereocenters. The first-order chi connectivity index (χ1) is 31.9. The van der Waals surface area contributed by atoms with Crippen molar-refractivity contribution in [1.82, 2.24) is 30.4 Å². The van der Waals surface area contributed by atoms with Crippen molar-refractivity contribution in [3.05, 3.63) is 103 Å². The van der Waals surface area contributed by atoms with Gasteiger partial charge in [-0.05, 0) is 105 Å². The predicted molar refractivity (Wildman–Crippen MR) is 286 cm³/mol. The third kappa shape index (κ3) is 15.3. The van der Waals surface area contributed by atoms with Crippen LogP contribution in [0.5, 0.6) is 11.5 Å². The number of thiazole rings is 2. The fraction of sp³-hybridized carbons (Fsp3) is 0.333. The second-order valence-electron chi connectivity index (χ2n) is 17.1. The number of fused-ring (bicyclic) bond motifs is 2. The highest BCUT2D eigenvalue weighted by Gasteiger charge is 2.24. The van der Waals surface area contributed by atoms with Gasteiger partial charge in [0.25, 0.3) is 5.89 Å². The van der Waals surface area contributed by atoms with Crippen molar-refractivity contribution >= 4 is 137 Å². The SMILES string of the molecule is COc1cccc2sc(Cc3nnc(-c4ccc(Cl)cc4Br)o3)nc12.COc1cccc2sc(N(COCC[Si](C)(C)C)c3nnc(-c4ccc(Cl)cc4Br)o3)nc12.C[Si](C)(C)CCOCCl. The lowest BCUT2D eigenvalue weighted by Gasteiger charge is -2.19. The summed E-state index contributed by atoms with van der Waals surface area (Å²) in [7, 11) is 1.18. The third-order valence-electron chi connectivity index (χ3n) is 9.50. The summed E-state index contributed by atoms with van der Waals surface area (Å²) in [5.41, 5.74) is 3.19. The van der Waals surface area contributed by atoms with Crippen LogP contribution in [0, 0.1) is 0 Å². The van der Waals surface area contributed by atoms with E-state index >= 15 is 0 Å². The highest BCUT2D eigenvalue weighted by atomic mass is 79.9. The molecule has 0 spiro atoms. The molecule has 67 heavy (non-hydrogen) atoms. The normalized spacial score (nSPS) is 11.6. The summed E-state index contributed by atoms with van der Waals surface area (Å²) >= 11 is 27.4. The fourth-order valence-electron chi connectivity index (χ4n) is 5.88. The van der Waals surface area contributed by atoms with Crippen LogP contribution in [0.2, 0.25) is 61.4 Å². The van der Waals surface area contributed by atoms with E-state index in [0.29, 0.717) is 63.7 Å². The van der Waals surface area contributed by atoms with Crippen LogP contribution in [-0.4, -0.2) is 86.7 Å². The summed E-state index contributed by atoms with van der Waals surface area (Å²) in [6.45, 7) is 15.7. The molecule has 0 saturated carbocycles. The lowest BCUT2D eigenvalue weighted by atomic mass is 10.2. The van der Waals surface area contributed by atoms with Gasteiger partial charge in [0.05, 0.1) is 41.2 Å². The Balaban J connectivity index is 0.000000192. The maximum atomic E-state index is 6.07. The van der Waals surface area contributed by atoms with Gasteiger partial charge in [0.1, 0.15) is 40.3 Å². The fourth-order valence-corrected chi connectivity index (χ4v) is 11.2. The van der Waals surface area contributed by atoms with Gasteiger partial charge in [0.2, 0.25) is 11.8 Å². The Morgan fingerprint density at radius 2 is 1.19 bits per heavy atom. The molecule has 13 nitrogen and oxygen atoms in total. The molecule has 4 heterocycles. The highest BCUT2D eigenvalue weighted by Crippen LogP contribution is 2.39. The van der Waals surface area contributed by atoms with Crippen LogP contribution in [-0.2, 0) is 15.9 Å². The number of alkyl halides is 1. The Bertz CT molecular complexity index is 2870. The van der Waals surface area contributed by atoms with Crippen LogP contribution < -0.4 is 14.4 Å². The molecule has 0 bridgehead atoms. The van der Waals surface area contributed by atoms with Crippen LogP contribution in [0.4, 0.5) is 11.1 Å². The standard InChI is InChI=1S/C22H24BrClN4O3SSi.C17H11BrClN3O2S.C6H15ClOSi/c1-29-17-6-5-7-18-19(17)25-22(32-18)28(13-30-10-11-33(2,3)4)21-27-26-20(31-21)15-9-8-14(24)12-16(15)23;1-23-12-3-2-4-13-16(12)20-15(25-13)8-14-21-22-17(24-14)10-6-5-9(19)7-11(10)18;1-9(2,3)5-4-8-6-7/h5-9,12H,10-11,13H2,1-4H3;2-7H,8H2,1H3;4-6H2,1-3H3. The largest absolute Gasteiger partial charge is 0.494 e. The molecule has 8 rings (SSSR count). The molecule has 0 aliphatic rings. The zero-order valence-electron chi connectivity index (χ0n) is 38.2. The smallest absolute Gasteiger partial charge is 0.326 e. The van der Waals surface area contributed by atoms with Gasteiger partial charge in [-0.3, -0.25) is 0 Å². The van der Waals surface area contributed by atoms with E-state index in [2.05, 4.69) is 96.5 Å². The number of aromatic nitrogens is 6. The number of ether oxygens (including phenoxy) is 4. The minimum atomic E-state index is -1.22. The quantitative estimate of drug-likeness (QED) is 0.0369. The molecule has 356 valence electrons. The van der Waals surface area contributed by atoms with Crippen LogP contribution in [0.3, 0.4) is 0 Å². The lowest BCUT2D eigenvalue weighted by Crippen LogP contribution is -2.25. The average Bonchev–Trinajstić information content (AvgIpc) is 4.10. The van der Waals surface area contributed by atoms with Crippen LogP contribution >= 0.6 is 89.3 Å². The second-order valence-corrected chi connectivity index (χ2v) is 33.3. The van der Waals surface area contributed by atoms with Crippen molar-refractivity contribution in [2.45, 2.75) is 57.8 Å². The van der Waals surface area contributed by atoms with Crippen LogP contribution in [0.1, 0.15) is 10.9 Å². The van der Waals surface area contributed by atoms with E-state index in [1.165, 1.54) is 17.4 Å². The number of hydrogen-bond acceptors (Lipinski definition) is 15. The maximum Gasteiger partial charge on any atom is 0.326 e. The first-order valence-electron chi connectivity index (χ1n) is 20.9. The molecule has 8 aromatic rings. The molecule has 22 heteroatoms. The topological polar surface area (TPSA) is 144 Å². The molecule has 0 N–H and O–H groups in total. The summed E-state index contributed by atoms with van der Waals surface area (Å²) in [5, 5.41) is 19.6. The molecule has 0 aliphatic carbocycles. The first kappa shape index (κ1) is 52.9. The zero-order valence-corrected chi connectivity index (χ0v) is 47.2. The molecule has 0 radical (unpaired) electrons. The van der Waals surface area contributed by atoms with E-state index in [9.17, 15) is 0 Å². The molecule has 0 aliphatic heterocycles. The summed E-state index contributed by atoms with van der Waals surface area (Å²) in [6, 6.07) is 25.4. The molecular weight excluding hydrogens is 1120 g/mol. The van der Waals surface area contributed by atoms with E-state index in [-0.39, 0.29) is 6.73 Å². The first-order valence-corrected chi connectivity index (χ1v) is 32.8. The Morgan fingerprint density at radius 1 is 0.657 bits per heavy atom. The number of methoxy groups -OCH3 is 2. The Hall–Kier alpha value is -3.48. The van der Waals surface area contributed by atoms with Gasteiger partial charge in [-0.1, -0.05) is 103 Å². The van der Waals surface area contributed by atoms with Crippen molar-refractivity contribution in [1.29, 1.82) is 0 Å². The van der Waals surface area contributed by atoms with Crippen LogP contribution in [0.25, 0.3) is 43.3 Å². The monoisotopic (exact) mass is 1170 g/mol. The van der Waals surface area contributed by atoms with Crippen molar-refractivity contribution in [3.8, 4) is 34.4 Å². The van der Waals surface area contributed by atoms with Gasteiger partial charge < -0.3 is 27.8 Å². The van der Waals surface area contributed by atoms with E-state index in [0.717, 1.165) is 63.9 Å². The molecule has 0 fully saturated rings. The molecule has 0 saturated heterocycles. The minimum absolute atomic E-state index is 0.246. The predicted octanol–water partition coefficient (Wildman–Crippen LogP) is 15.1. The van der Waals surface area contributed by atoms with E-state index < -0.39 is 16.1 Å². The van der Waals surface area contributed by atoms with Crippen molar-refractivity contribution < 1.29 is 27.8 Å². The number of benzene rings is 4. The van der Waals surface area contributed by atoms with Crippen LogP contribution in [0.15, 0.2) is 90.6 Å². The maximum absolute atomic E-state index is 6.07. The molecule has 0 atom stereocenters. The summed E-state index contributed by atoms with van der Waals surface area (Å²) < 4.78 is 37.3. The zero-order chi connectivity index (χ0) is 48.3. The summed E-state index contributed by atoms with van der Waals surface area (Å²) in [6.07, 6.45) is 0.473. The second kappa shape index (κ2) is 24.4. The number of halogens is 5. The van der Waals surface area contributed by atoms with E-state index in [1.54, 1.807) is 54.7 Å². The number of rotatable bonds is 17. The van der Waals surface area contributed by atoms with Gasteiger partial charge in [0.15, 0.2) is 5.13 Å². The number of para-hydroxylation sites is 2. The Morgan fingerprint density at radius 3 is 1.75 bits per heavy atom. The Kier molecular flexibility index (Phi) is 19.2. The van der Waals surface area contributed by atoms with E-state index in [4.69, 9.17) is 67.6 Å². The summed E-state index contributed by atoms with van der Waals surface area (Å²) in [5.74, 6) is 2.80. The third-order valence-corrected chi connectivity index (χ3v) is 16.9. The van der Waals surface area contributed by atoms with Crippen molar-refractivity contribution in [3.63, 3.8) is 0 Å². The van der Waals surface area contributed by atoms with Gasteiger partial charge in [-0.15, -0.1) is 26.6 Å². The number of hydrogen-bond donors (Lipinski definition) is 0. The van der Waals surface area contributed by atoms with Gasteiger partial charge in [-0.2, -0.15) is 0 Å². The molecular formula is C45H50Br2Cl3N7O6S2Si2. The molecule has 4 aromatic carbocycles. The van der Waals surface area contributed by atoms with E-state index in [1.807, 2.05) is 48.5 Å². The van der Waals surface area contributed by atoms with Crippen molar-refractivity contribution in [2.24, 2.45) is 0 Å². The van der Waals surface area contributed by atoms with Gasteiger partial charge in [0, 0.05) is 48.4 Å². The van der Waals surface area contributed by atoms with Gasteiger partial charge in [-0.25, -0.2) is 14.9 Å². The molecule has 0 amide bonds. The Labute approximate surface area is 431 Å². The molecule has 4 aromatic heterocycles. The minimum Gasteiger partial charge on any atom is -0.494 e. The van der Waals surface area contributed by atoms with Gasteiger partial charge >= 0.3 is 6.01 Å². The number of nitrogens with zero attached hydrogens (tertiary/aromatic N) is 7. The highest BCUT2D eigenvalue weighted by molar-refractivity contribution is 9.11. The summed E-state index contributed by atoms with van der Waals surface area (Å²) in [4.78, 5) is 11.2. The van der Waals surface area contributed by atoms with Crippen molar-refractivity contribution in [2.75, 3.05) is 45.1 Å². The average molecular weight is 1170 g/mol. The number of anilines is 2.